The predicted octanol–water partition coefficient (Wildman–Crippen LogP) is 2.89. The van der Waals surface area contributed by atoms with Gasteiger partial charge in [0.1, 0.15) is 0 Å². The van der Waals surface area contributed by atoms with Gasteiger partial charge >= 0.3 is 12.1 Å². The van der Waals surface area contributed by atoms with Gasteiger partial charge in [0.2, 0.25) is 5.91 Å². The van der Waals surface area contributed by atoms with Gasteiger partial charge in [-0.15, -0.1) is 11.3 Å². The van der Waals surface area contributed by atoms with Crippen molar-refractivity contribution in [2.24, 2.45) is 5.92 Å². The first-order chi connectivity index (χ1) is 13.1. The fraction of sp³-hybridized carbons (Fsp3) is 0.667. The van der Waals surface area contributed by atoms with Crippen LogP contribution in [0.1, 0.15) is 31.6 Å². The summed E-state index contributed by atoms with van der Waals surface area (Å²) in [6, 6.07) is 4.89. The highest BCUT2D eigenvalue weighted by molar-refractivity contribution is 7.09. The van der Waals surface area contributed by atoms with Gasteiger partial charge in [-0.1, -0.05) is 6.07 Å². The molecule has 1 saturated heterocycles. The van der Waals surface area contributed by atoms with Gasteiger partial charge in [-0.3, -0.25) is 9.69 Å². The molecule has 1 aliphatic carbocycles. The molecule has 158 valence electrons. The van der Waals surface area contributed by atoms with E-state index in [4.69, 9.17) is 14.6 Å². The van der Waals surface area contributed by atoms with Crippen molar-refractivity contribution in [3.05, 3.63) is 22.4 Å². The van der Waals surface area contributed by atoms with Crippen LogP contribution in [0.5, 0.6) is 0 Å². The van der Waals surface area contributed by atoms with Crippen LogP contribution in [0.2, 0.25) is 0 Å². The number of thiophene rings is 1. The number of morpholine rings is 1. The third-order valence-electron chi connectivity index (χ3n) is 4.63. The van der Waals surface area contributed by atoms with E-state index in [1.165, 1.54) is 4.88 Å². The zero-order valence-electron chi connectivity index (χ0n) is 15.7. The number of rotatable bonds is 4. The number of aliphatic carboxylic acids is 1. The monoisotopic (exact) mass is 422 g/mol. The summed E-state index contributed by atoms with van der Waals surface area (Å²) in [5.74, 6) is -2.46. The molecular formula is C18H25F3N2O4S. The minimum Gasteiger partial charge on any atom is -0.475 e. The van der Waals surface area contributed by atoms with E-state index in [1.54, 1.807) is 11.3 Å². The Balaban J connectivity index is 0.000000345. The van der Waals surface area contributed by atoms with Gasteiger partial charge in [0, 0.05) is 36.0 Å². The van der Waals surface area contributed by atoms with Crippen molar-refractivity contribution in [2.45, 2.75) is 57.6 Å². The van der Waals surface area contributed by atoms with Gasteiger partial charge in [-0.25, -0.2) is 4.79 Å². The van der Waals surface area contributed by atoms with Crippen molar-refractivity contribution in [1.29, 1.82) is 0 Å². The number of nitrogens with one attached hydrogen (secondary N) is 1. The number of hydrogen-bond acceptors (Lipinski definition) is 5. The van der Waals surface area contributed by atoms with Crippen LogP contribution in [-0.4, -0.2) is 59.4 Å². The molecule has 3 rings (SSSR count). The summed E-state index contributed by atoms with van der Waals surface area (Å²) in [7, 11) is 0. The first-order valence-corrected chi connectivity index (χ1v) is 9.94. The molecule has 2 aliphatic rings. The normalized spacial score (nSPS) is 25.0. The molecule has 0 unspecified atom stereocenters. The highest BCUT2D eigenvalue weighted by Crippen LogP contribution is 2.35. The second-order valence-electron chi connectivity index (χ2n) is 7.16. The van der Waals surface area contributed by atoms with Crippen molar-refractivity contribution in [3.8, 4) is 0 Å². The molecule has 28 heavy (non-hydrogen) atoms. The molecule has 1 aliphatic heterocycles. The van der Waals surface area contributed by atoms with E-state index in [2.05, 4.69) is 27.7 Å². The molecular weight excluding hydrogens is 397 g/mol. The molecule has 0 radical (unpaired) electrons. The Hall–Kier alpha value is -1.65. The van der Waals surface area contributed by atoms with Gasteiger partial charge in [-0.2, -0.15) is 13.2 Å². The molecule has 2 heterocycles. The summed E-state index contributed by atoms with van der Waals surface area (Å²) in [6.07, 6.45) is -3.07. The lowest BCUT2D eigenvalue weighted by Gasteiger charge is -2.37. The maximum atomic E-state index is 12.2. The lowest BCUT2D eigenvalue weighted by atomic mass is 10.1. The summed E-state index contributed by atoms with van der Waals surface area (Å²) < 4.78 is 37.7. The third kappa shape index (κ3) is 6.46. The fourth-order valence-corrected chi connectivity index (χ4v) is 4.17. The number of amides is 1. The molecule has 1 amide bonds. The van der Waals surface area contributed by atoms with Crippen molar-refractivity contribution in [1.82, 2.24) is 10.2 Å². The Morgan fingerprint density at radius 3 is 2.61 bits per heavy atom. The van der Waals surface area contributed by atoms with Crippen LogP contribution in [-0.2, 0) is 20.9 Å². The van der Waals surface area contributed by atoms with E-state index >= 15 is 0 Å². The zero-order chi connectivity index (χ0) is 20.9. The average Bonchev–Trinajstić information content (AvgIpc) is 3.23. The Morgan fingerprint density at radius 1 is 1.39 bits per heavy atom. The van der Waals surface area contributed by atoms with E-state index in [-0.39, 0.29) is 24.0 Å². The van der Waals surface area contributed by atoms with Crippen LogP contribution in [0.4, 0.5) is 13.2 Å². The summed E-state index contributed by atoms with van der Waals surface area (Å²) >= 11 is 1.80. The second kappa shape index (κ2) is 9.71. The molecule has 3 atom stereocenters. The molecule has 10 heteroatoms. The molecule has 1 saturated carbocycles. The van der Waals surface area contributed by atoms with E-state index in [0.717, 1.165) is 32.5 Å². The lowest BCUT2D eigenvalue weighted by molar-refractivity contribution is -0.192. The first-order valence-electron chi connectivity index (χ1n) is 9.06. The highest BCUT2D eigenvalue weighted by atomic mass is 32.1. The van der Waals surface area contributed by atoms with E-state index in [1.807, 2.05) is 13.8 Å². The maximum Gasteiger partial charge on any atom is 0.490 e. The molecule has 0 bridgehead atoms. The number of carbonyl (C=O) groups excluding carboxylic acids is 1. The predicted molar refractivity (Wildman–Crippen MR) is 98.0 cm³/mol. The number of carbonyl (C=O) groups is 2. The maximum absolute atomic E-state index is 12.2. The first kappa shape index (κ1) is 22.6. The average molecular weight is 422 g/mol. The Labute approximate surface area is 165 Å². The smallest absolute Gasteiger partial charge is 0.475 e. The Kier molecular flexibility index (Phi) is 7.85. The summed E-state index contributed by atoms with van der Waals surface area (Å²) in [5.41, 5.74) is 0. The van der Waals surface area contributed by atoms with E-state index in [9.17, 15) is 18.0 Å². The van der Waals surface area contributed by atoms with Crippen LogP contribution in [0.3, 0.4) is 0 Å². The largest absolute Gasteiger partial charge is 0.490 e. The second-order valence-corrected chi connectivity index (χ2v) is 8.19. The van der Waals surface area contributed by atoms with Crippen LogP contribution in [0.25, 0.3) is 0 Å². The van der Waals surface area contributed by atoms with E-state index < -0.39 is 12.1 Å². The van der Waals surface area contributed by atoms with Crippen molar-refractivity contribution in [3.63, 3.8) is 0 Å². The summed E-state index contributed by atoms with van der Waals surface area (Å²) in [4.78, 5) is 25.0. The van der Waals surface area contributed by atoms with Gasteiger partial charge in [0.25, 0.3) is 0 Å². The fourth-order valence-electron chi connectivity index (χ4n) is 3.44. The molecule has 0 spiro atoms. The van der Waals surface area contributed by atoms with Crippen LogP contribution in [0, 0.1) is 5.92 Å². The number of nitrogens with zero attached hydrogens (tertiary/aromatic N) is 1. The highest BCUT2D eigenvalue weighted by Gasteiger charge is 2.43. The van der Waals surface area contributed by atoms with Crippen molar-refractivity contribution in [2.75, 3.05) is 13.2 Å². The lowest BCUT2D eigenvalue weighted by Crippen LogP contribution is -2.47. The molecule has 1 aromatic heterocycles. The third-order valence-corrected chi connectivity index (χ3v) is 5.50. The number of hydrogen-bond donors (Lipinski definition) is 2. The summed E-state index contributed by atoms with van der Waals surface area (Å²) in [6.45, 7) is 6.77. The van der Waals surface area contributed by atoms with Crippen molar-refractivity contribution >= 4 is 23.2 Å². The standard InChI is InChI=1S/C16H24N2O2S.C2HF3O2/c1-11(2)17-16(19)12-8-14-15(9-12)20-6-5-18(14)10-13-4-3-7-21-13;3-2(4,5)1(6)7/h3-4,7,11-12,14-15H,5-6,8-10H2,1-2H3,(H,17,19);(H,6,7)/t12-,14+,15+;/m0./s1. The van der Waals surface area contributed by atoms with Crippen LogP contribution in [0.15, 0.2) is 17.5 Å². The van der Waals surface area contributed by atoms with Crippen LogP contribution < -0.4 is 5.32 Å². The Morgan fingerprint density at radius 2 is 2.07 bits per heavy atom. The number of alkyl halides is 3. The molecule has 6 nitrogen and oxygen atoms in total. The van der Waals surface area contributed by atoms with Gasteiger partial charge < -0.3 is 15.2 Å². The van der Waals surface area contributed by atoms with Gasteiger partial charge in [0.15, 0.2) is 0 Å². The summed E-state index contributed by atoms with van der Waals surface area (Å²) in [5, 5.41) is 12.3. The van der Waals surface area contributed by atoms with Crippen LogP contribution >= 0.6 is 11.3 Å². The molecule has 1 aromatic rings. The molecule has 2 N–H and O–H groups in total. The zero-order valence-corrected chi connectivity index (χ0v) is 16.6. The number of carboxylic acids is 1. The SMILES string of the molecule is CC(C)NC(=O)[C@H]1C[C@@H]2[C@@H](C1)OCCN2Cc1cccs1.O=C(O)C(F)(F)F. The number of carboxylic acid groups (broad SMARTS) is 1. The number of ether oxygens (including phenoxy) is 1. The van der Waals surface area contributed by atoms with Gasteiger partial charge in [0.05, 0.1) is 12.7 Å². The Bertz CT molecular complexity index is 652. The topological polar surface area (TPSA) is 78.9 Å². The van der Waals surface area contributed by atoms with Crippen molar-refractivity contribution < 1.29 is 32.6 Å². The minimum absolute atomic E-state index is 0.103. The number of fused-ring (bicyclic) bond motifs is 1. The van der Waals surface area contributed by atoms with E-state index in [0.29, 0.717) is 6.04 Å². The van der Waals surface area contributed by atoms with Gasteiger partial charge in [-0.05, 0) is 38.1 Å². The number of halogens is 3. The molecule has 2 fully saturated rings. The minimum atomic E-state index is -5.08. The quantitative estimate of drug-likeness (QED) is 0.780. The molecule has 0 aromatic carbocycles.